The van der Waals surface area contributed by atoms with Gasteiger partial charge in [-0.3, -0.25) is 9.78 Å². The lowest BCUT2D eigenvalue weighted by atomic mass is 10.2. The van der Waals surface area contributed by atoms with Crippen LogP contribution in [0.15, 0.2) is 35.5 Å². The number of pyridine rings is 1. The summed E-state index contributed by atoms with van der Waals surface area (Å²) in [6.45, 7) is 4.67. The molecule has 23 heavy (non-hydrogen) atoms. The third-order valence-corrected chi connectivity index (χ3v) is 5.44. The van der Waals surface area contributed by atoms with E-state index in [-0.39, 0.29) is 4.90 Å². The first-order chi connectivity index (χ1) is 10.9. The van der Waals surface area contributed by atoms with Gasteiger partial charge >= 0.3 is 0 Å². The van der Waals surface area contributed by atoms with E-state index in [9.17, 15) is 13.2 Å². The molecule has 0 radical (unpaired) electrons. The smallest absolute Gasteiger partial charge is 0.266 e. The quantitative estimate of drug-likeness (QED) is 0.908. The van der Waals surface area contributed by atoms with Gasteiger partial charge in [-0.25, -0.2) is 13.1 Å². The standard InChI is InChI=1S/C16H19N3O3S/c1-11-8-15(12(2)19(11)10-13-5-6-13)16(20)18-23(21,22)14-4-3-7-17-9-14/h3-4,7-9,13H,5-6,10H2,1-2H3,(H,18,20). The summed E-state index contributed by atoms with van der Waals surface area (Å²) in [6.07, 6.45) is 5.13. The van der Waals surface area contributed by atoms with Crippen LogP contribution in [-0.2, 0) is 16.6 Å². The topological polar surface area (TPSA) is 81.1 Å². The Labute approximate surface area is 135 Å². The van der Waals surface area contributed by atoms with E-state index in [1.807, 2.05) is 13.8 Å². The Hall–Kier alpha value is -2.15. The molecule has 2 aromatic rings. The highest BCUT2D eigenvalue weighted by Gasteiger charge is 2.26. The molecule has 0 aromatic carbocycles. The molecule has 1 fully saturated rings. The molecule has 0 atom stereocenters. The van der Waals surface area contributed by atoms with Crippen LogP contribution in [0.5, 0.6) is 0 Å². The van der Waals surface area contributed by atoms with Crippen LogP contribution in [0.1, 0.15) is 34.6 Å². The maximum Gasteiger partial charge on any atom is 0.266 e. The molecule has 0 aliphatic heterocycles. The largest absolute Gasteiger partial charge is 0.348 e. The van der Waals surface area contributed by atoms with E-state index in [1.165, 1.54) is 37.4 Å². The number of hydrogen-bond donors (Lipinski definition) is 1. The molecule has 6 nitrogen and oxygen atoms in total. The van der Waals surface area contributed by atoms with Crippen molar-refractivity contribution < 1.29 is 13.2 Å². The maximum atomic E-state index is 12.4. The molecule has 1 aliphatic carbocycles. The lowest BCUT2D eigenvalue weighted by molar-refractivity contribution is 0.0980. The van der Waals surface area contributed by atoms with Crippen LogP contribution in [0.25, 0.3) is 0 Å². The number of nitrogens with one attached hydrogen (secondary N) is 1. The predicted molar refractivity (Wildman–Crippen MR) is 85.5 cm³/mol. The number of nitrogens with zero attached hydrogens (tertiary/aromatic N) is 2. The first kappa shape index (κ1) is 15.7. The van der Waals surface area contributed by atoms with Gasteiger partial charge in [0.15, 0.2) is 0 Å². The summed E-state index contributed by atoms with van der Waals surface area (Å²) in [4.78, 5) is 16.1. The highest BCUT2D eigenvalue weighted by Crippen LogP contribution is 2.32. The van der Waals surface area contributed by atoms with Crippen molar-refractivity contribution in [3.8, 4) is 0 Å². The van der Waals surface area contributed by atoms with E-state index in [4.69, 9.17) is 0 Å². The number of amides is 1. The van der Waals surface area contributed by atoms with E-state index >= 15 is 0 Å². The summed E-state index contributed by atoms with van der Waals surface area (Å²) in [5.74, 6) is 0.0684. The van der Waals surface area contributed by atoms with Crippen molar-refractivity contribution in [1.82, 2.24) is 14.3 Å². The van der Waals surface area contributed by atoms with Gasteiger partial charge < -0.3 is 4.57 Å². The molecule has 7 heteroatoms. The van der Waals surface area contributed by atoms with Crippen molar-refractivity contribution in [3.05, 3.63) is 47.5 Å². The summed E-state index contributed by atoms with van der Waals surface area (Å²) >= 11 is 0. The van der Waals surface area contributed by atoms with Crippen molar-refractivity contribution in [2.24, 2.45) is 5.92 Å². The number of carbonyl (C=O) groups excluding carboxylic acids is 1. The molecular formula is C16H19N3O3S. The molecule has 1 aliphatic rings. The lowest BCUT2D eigenvalue weighted by Gasteiger charge is -2.09. The number of hydrogen-bond acceptors (Lipinski definition) is 4. The van der Waals surface area contributed by atoms with Gasteiger partial charge in [0.05, 0.1) is 5.56 Å². The zero-order chi connectivity index (χ0) is 16.6. The Morgan fingerprint density at radius 3 is 2.74 bits per heavy atom. The average Bonchev–Trinajstić information content (AvgIpc) is 3.29. The summed E-state index contributed by atoms with van der Waals surface area (Å²) in [7, 11) is -3.91. The molecule has 0 saturated heterocycles. The van der Waals surface area contributed by atoms with Gasteiger partial charge in [0, 0.05) is 30.3 Å². The van der Waals surface area contributed by atoms with E-state index in [0.29, 0.717) is 11.5 Å². The van der Waals surface area contributed by atoms with Gasteiger partial charge in [0.25, 0.3) is 15.9 Å². The molecule has 0 unspecified atom stereocenters. The van der Waals surface area contributed by atoms with Crippen molar-refractivity contribution in [1.29, 1.82) is 0 Å². The molecular weight excluding hydrogens is 314 g/mol. The average molecular weight is 333 g/mol. The molecule has 1 amide bonds. The molecule has 3 rings (SSSR count). The first-order valence-electron chi connectivity index (χ1n) is 7.52. The van der Waals surface area contributed by atoms with Gasteiger partial charge in [-0.15, -0.1) is 0 Å². The van der Waals surface area contributed by atoms with E-state index in [2.05, 4.69) is 14.3 Å². The number of rotatable bonds is 5. The minimum absolute atomic E-state index is 0.0276. The Balaban J connectivity index is 1.83. The fourth-order valence-electron chi connectivity index (χ4n) is 2.61. The zero-order valence-corrected chi connectivity index (χ0v) is 13.9. The van der Waals surface area contributed by atoms with E-state index in [1.54, 1.807) is 6.07 Å². The molecule has 0 bridgehead atoms. The lowest BCUT2D eigenvalue weighted by Crippen LogP contribution is -2.31. The van der Waals surface area contributed by atoms with Crippen LogP contribution in [0.4, 0.5) is 0 Å². The fraction of sp³-hybridized carbons (Fsp3) is 0.375. The minimum atomic E-state index is -3.91. The van der Waals surface area contributed by atoms with Crippen molar-refractivity contribution in [3.63, 3.8) is 0 Å². The molecule has 1 saturated carbocycles. The van der Waals surface area contributed by atoms with Crippen molar-refractivity contribution >= 4 is 15.9 Å². The monoisotopic (exact) mass is 333 g/mol. The molecule has 2 aromatic heterocycles. The number of aromatic nitrogens is 2. The zero-order valence-electron chi connectivity index (χ0n) is 13.1. The Kier molecular flexibility index (Phi) is 3.97. The second-order valence-electron chi connectivity index (χ2n) is 5.96. The van der Waals surface area contributed by atoms with Gasteiger partial charge in [-0.2, -0.15) is 0 Å². The maximum absolute atomic E-state index is 12.4. The molecule has 122 valence electrons. The normalized spacial score (nSPS) is 14.7. The highest BCUT2D eigenvalue weighted by molar-refractivity contribution is 7.90. The van der Waals surface area contributed by atoms with Crippen LogP contribution in [0.2, 0.25) is 0 Å². The second-order valence-corrected chi connectivity index (χ2v) is 7.64. The SMILES string of the molecule is Cc1cc(C(=O)NS(=O)(=O)c2cccnc2)c(C)n1CC1CC1. The Morgan fingerprint density at radius 2 is 2.13 bits per heavy atom. The summed E-state index contributed by atoms with van der Waals surface area (Å²) in [5, 5.41) is 0. The summed E-state index contributed by atoms with van der Waals surface area (Å²) < 4.78 is 28.7. The first-order valence-corrected chi connectivity index (χ1v) is 9.00. The van der Waals surface area contributed by atoms with E-state index in [0.717, 1.165) is 17.9 Å². The summed E-state index contributed by atoms with van der Waals surface area (Å²) in [5.41, 5.74) is 2.17. The van der Waals surface area contributed by atoms with Crippen LogP contribution in [-0.4, -0.2) is 23.9 Å². The summed E-state index contributed by atoms with van der Waals surface area (Å²) in [6, 6.07) is 4.66. The van der Waals surface area contributed by atoms with Crippen LogP contribution >= 0.6 is 0 Å². The third-order valence-electron chi connectivity index (χ3n) is 4.13. The minimum Gasteiger partial charge on any atom is -0.348 e. The van der Waals surface area contributed by atoms with Gasteiger partial charge in [-0.05, 0) is 50.8 Å². The highest BCUT2D eigenvalue weighted by atomic mass is 32.2. The second kappa shape index (κ2) is 5.81. The number of carbonyl (C=O) groups is 1. The molecule has 0 spiro atoms. The third kappa shape index (κ3) is 3.29. The van der Waals surface area contributed by atoms with Crippen LogP contribution in [0, 0.1) is 19.8 Å². The van der Waals surface area contributed by atoms with Crippen LogP contribution < -0.4 is 4.72 Å². The van der Waals surface area contributed by atoms with Gasteiger partial charge in [-0.1, -0.05) is 0 Å². The predicted octanol–water partition coefficient (Wildman–Crippen LogP) is 2.03. The molecule has 1 N–H and O–H groups in total. The van der Waals surface area contributed by atoms with Crippen molar-refractivity contribution in [2.75, 3.05) is 0 Å². The fourth-order valence-corrected chi connectivity index (χ4v) is 3.54. The van der Waals surface area contributed by atoms with Crippen molar-refractivity contribution in [2.45, 2.75) is 38.1 Å². The Bertz CT molecular complexity index is 837. The number of aryl methyl sites for hydroxylation is 1. The Morgan fingerprint density at radius 1 is 1.39 bits per heavy atom. The van der Waals surface area contributed by atoms with Gasteiger partial charge in [0.1, 0.15) is 4.90 Å². The van der Waals surface area contributed by atoms with Gasteiger partial charge in [0.2, 0.25) is 0 Å². The van der Waals surface area contributed by atoms with Crippen LogP contribution in [0.3, 0.4) is 0 Å². The van der Waals surface area contributed by atoms with E-state index < -0.39 is 15.9 Å². The molecule has 2 heterocycles. The number of sulfonamides is 1.